The van der Waals surface area contributed by atoms with E-state index in [0.29, 0.717) is 24.7 Å². The van der Waals surface area contributed by atoms with Crippen molar-refractivity contribution in [2.45, 2.75) is 38.1 Å². The Morgan fingerprint density at radius 2 is 1.79 bits per heavy atom. The van der Waals surface area contributed by atoms with E-state index in [1.807, 2.05) is 0 Å². The number of carbonyl (C=O) groups excluding carboxylic acids is 2. The van der Waals surface area contributed by atoms with E-state index in [0.717, 1.165) is 19.2 Å². The topological polar surface area (TPSA) is 139 Å². The molecule has 2 aliphatic heterocycles. The number of non-ortho nitro benzene ring substituents is 1. The van der Waals surface area contributed by atoms with Crippen LogP contribution in [0.25, 0.3) is 0 Å². The Hall–Kier alpha value is -4.59. The number of esters is 2. The molecule has 1 saturated heterocycles. The maximum absolute atomic E-state index is 14.0. The average Bonchev–Trinajstić information content (AvgIpc) is 3.79. The summed E-state index contributed by atoms with van der Waals surface area (Å²) in [7, 11) is 0.885. The summed E-state index contributed by atoms with van der Waals surface area (Å²) in [5.74, 6) is -3.06. The van der Waals surface area contributed by atoms with Gasteiger partial charge < -0.3 is 29.0 Å². The first kappa shape index (κ1) is 30.4. The number of alkyl halides is 3. The lowest BCUT2D eigenvalue weighted by Crippen LogP contribution is -2.38. The third-order valence-corrected chi connectivity index (χ3v) is 6.33. The molecule has 224 valence electrons. The number of ether oxygens (including phenoxy) is 5. The van der Waals surface area contributed by atoms with Crippen LogP contribution in [0, 0.1) is 10.1 Å². The zero-order valence-corrected chi connectivity index (χ0v) is 22.7. The zero-order valence-electron chi connectivity index (χ0n) is 22.7. The van der Waals surface area contributed by atoms with E-state index >= 15 is 0 Å². The Morgan fingerprint density at radius 3 is 2.38 bits per heavy atom. The highest BCUT2D eigenvalue weighted by molar-refractivity contribution is 6.00. The first-order chi connectivity index (χ1) is 19.9. The smallest absolute Gasteiger partial charge is 0.431 e. The molecule has 2 aliphatic rings. The monoisotopic (exact) mass is 592 g/mol. The summed E-state index contributed by atoms with van der Waals surface area (Å²) in [6, 6.07) is 11.3. The molecule has 42 heavy (non-hydrogen) atoms. The fourth-order valence-corrected chi connectivity index (χ4v) is 4.31. The van der Waals surface area contributed by atoms with Gasteiger partial charge in [0.2, 0.25) is 0 Å². The summed E-state index contributed by atoms with van der Waals surface area (Å²) in [5, 5.41) is 13.5. The molecule has 0 spiro atoms. The van der Waals surface area contributed by atoms with Gasteiger partial charge in [0.05, 0.1) is 35.7 Å². The second-order valence-electron chi connectivity index (χ2n) is 9.49. The molecule has 3 atom stereocenters. The number of nitrogens with zero attached hydrogens (tertiary/aromatic N) is 1. The van der Waals surface area contributed by atoms with Gasteiger partial charge in [0.1, 0.15) is 42.6 Å². The van der Waals surface area contributed by atoms with E-state index in [4.69, 9.17) is 18.9 Å². The summed E-state index contributed by atoms with van der Waals surface area (Å²) >= 11 is 0. The normalized spacial score (nSPS) is 19.0. The molecular weight excluding hydrogens is 565 g/mol. The van der Waals surface area contributed by atoms with E-state index in [1.165, 1.54) is 19.1 Å². The fourth-order valence-electron chi connectivity index (χ4n) is 4.31. The zero-order chi connectivity index (χ0) is 30.6. The van der Waals surface area contributed by atoms with Gasteiger partial charge in [-0.2, -0.15) is 13.2 Å². The molecule has 0 aromatic heterocycles. The van der Waals surface area contributed by atoms with Crippen LogP contribution in [-0.4, -0.2) is 62.2 Å². The van der Waals surface area contributed by atoms with Crippen molar-refractivity contribution in [1.82, 2.24) is 5.32 Å². The first-order valence-electron chi connectivity index (χ1n) is 12.7. The Kier molecular flexibility index (Phi) is 9.05. The molecule has 2 aromatic rings. The second-order valence-corrected chi connectivity index (χ2v) is 9.49. The van der Waals surface area contributed by atoms with Gasteiger partial charge in [0, 0.05) is 17.8 Å². The molecule has 3 unspecified atom stereocenters. The SMILES string of the molecule is COC(=O)C1=C(C(F)(F)F)NC(C)=C(C(=O)OCC(C)Oc2ccc(OCC3CO3)cc2)C1c1cccc([N+](=O)[O-])c1. The van der Waals surface area contributed by atoms with Gasteiger partial charge in [0.25, 0.3) is 5.69 Å². The molecule has 0 radical (unpaired) electrons. The van der Waals surface area contributed by atoms with Crippen molar-refractivity contribution in [2.75, 3.05) is 26.9 Å². The minimum atomic E-state index is -5.05. The predicted octanol–water partition coefficient (Wildman–Crippen LogP) is 4.33. The maximum Gasteiger partial charge on any atom is 0.431 e. The third-order valence-electron chi connectivity index (χ3n) is 6.33. The molecule has 14 heteroatoms. The van der Waals surface area contributed by atoms with E-state index in [2.05, 4.69) is 10.1 Å². The number of benzene rings is 2. The molecule has 1 fully saturated rings. The van der Waals surface area contributed by atoms with Crippen LogP contribution in [0.4, 0.5) is 18.9 Å². The lowest BCUT2D eigenvalue weighted by Gasteiger charge is -2.32. The van der Waals surface area contributed by atoms with Crippen molar-refractivity contribution in [3.05, 3.63) is 86.7 Å². The molecule has 11 nitrogen and oxygen atoms in total. The number of allylic oxidation sites excluding steroid dienone is 2. The quantitative estimate of drug-likeness (QED) is 0.174. The molecule has 0 aliphatic carbocycles. The number of rotatable bonds is 11. The van der Waals surface area contributed by atoms with Gasteiger partial charge in [-0.1, -0.05) is 12.1 Å². The Labute approximate surface area is 238 Å². The highest BCUT2D eigenvalue weighted by atomic mass is 19.4. The highest BCUT2D eigenvalue weighted by Gasteiger charge is 2.47. The lowest BCUT2D eigenvalue weighted by molar-refractivity contribution is -0.384. The minimum absolute atomic E-state index is 0.101. The molecular formula is C28H27F3N2O9. The Morgan fingerprint density at radius 1 is 1.12 bits per heavy atom. The number of hydrogen-bond acceptors (Lipinski definition) is 10. The van der Waals surface area contributed by atoms with Crippen LogP contribution in [0.15, 0.2) is 71.1 Å². The van der Waals surface area contributed by atoms with Gasteiger partial charge in [-0.05, 0) is 43.7 Å². The maximum atomic E-state index is 14.0. The molecule has 0 amide bonds. The Balaban J connectivity index is 1.56. The van der Waals surface area contributed by atoms with Gasteiger partial charge >= 0.3 is 18.1 Å². The van der Waals surface area contributed by atoms with E-state index in [-0.39, 0.29) is 29.5 Å². The Bertz CT molecular complexity index is 1420. The van der Waals surface area contributed by atoms with Crippen LogP contribution in [0.2, 0.25) is 0 Å². The standard InChI is InChI=1S/C28H27F3N2O9/c1-15(42-20-9-7-19(8-10-20)39-13-21-14-40-21)12-41-27(35)22-16(2)32-25(28(29,30)31)24(26(34)38-3)23(22)17-5-4-6-18(11-17)33(36)37/h4-11,15,21,23,32H,12-14H2,1-3H3. The van der Waals surface area contributed by atoms with Crippen LogP contribution < -0.4 is 14.8 Å². The summed E-state index contributed by atoms with van der Waals surface area (Å²) in [5.41, 5.74) is -3.56. The average molecular weight is 593 g/mol. The summed E-state index contributed by atoms with van der Waals surface area (Å²) in [6.45, 7) is 3.62. The second kappa shape index (κ2) is 12.5. The minimum Gasteiger partial charge on any atom is -0.491 e. The number of epoxide rings is 1. The van der Waals surface area contributed by atoms with Crippen LogP contribution in [0.5, 0.6) is 11.5 Å². The van der Waals surface area contributed by atoms with Crippen LogP contribution >= 0.6 is 0 Å². The van der Waals surface area contributed by atoms with Crippen molar-refractivity contribution >= 4 is 17.6 Å². The number of halogens is 3. The number of methoxy groups -OCH3 is 1. The molecule has 4 rings (SSSR count). The van der Waals surface area contributed by atoms with Gasteiger partial charge in [0.15, 0.2) is 0 Å². The first-order valence-corrected chi connectivity index (χ1v) is 12.7. The number of nitro groups is 1. The summed E-state index contributed by atoms with van der Waals surface area (Å²) in [6.07, 6.45) is -5.63. The molecule has 0 bridgehead atoms. The van der Waals surface area contributed by atoms with E-state index < -0.39 is 52.0 Å². The van der Waals surface area contributed by atoms with Crippen LogP contribution in [-0.2, 0) is 23.8 Å². The molecule has 1 N–H and O–H groups in total. The molecule has 0 saturated carbocycles. The molecule has 2 heterocycles. The summed E-state index contributed by atoms with van der Waals surface area (Å²) < 4.78 is 68.6. The van der Waals surface area contributed by atoms with Crippen molar-refractivity contribution in [3.8, 4) is 11.5 Å². The largest absolute Gasteiger partial charge is 0.491 e. The predicted molar refractivity (Wildman–Crippen MR) is 139 cm³/mol. The lowest BCUT2D eigenvalue weighted by atomic mass is 9.80. The van der Waals surface area contributed by atoms with Crippen LogP contribution in [0.1, 0.15) is 25.3 Å². The molecule has 2 aromatic carbocycles. The number of nitrogens with one attached hydrogen (secondary N) is 1. The fraction of sp³-hybridized carbons (Fsp3) is 0.357. The highest BCUT2D eigenvalue weighted by Crippen LogP contribution is 2.44. The number of nitro benzene ring substituents is 1. The third kappa shape index (κ3) is 7.18. The summed E-state index contributed by atoms with van der Waals surface area (Å²) in [4.78, 5) is 36.7. The number of hydrogen-bond donors (Lipinski definition) is 1. The van der Waals surface area contributed by atoms with Gasteiger partial charge in [-0.3, -0.25) is 10.1 Å². The van der Waals surface area contributed by atoms with Crippen molar-refractivity contribution in [3.63, 3.8) is 0 Å². The van der Waals surface area contributed by atoms with Crippen molar-refractivity contribution in [2.24, 2.45) is 0 Å². The van der Waals surface area contributed by atoms with Crippen LogP contribution in [0.3, 0.4) is 0 Å². The number of dihydropyridines is 1. The van der Waals surface area contributed by atoms with Gasteiger partial charge in [-0.15, -0.1) is 0 Å². The van der Waals surface area contributed by atoms with Crippen molar-refractivity contribution in [1.29, 1.82) is 0 Å². The van der Waals surface area contributed by atoms with E-state index in [9.17, 15) is 32.9 Å². The number of carbonyl (C=O) groups is 2. The van der Waals surface area contributed by atoms with Gasteiger partial charge in [-0.25, -0.2) is 9.59 Å². The van der Waals surface area contributed by atoms with Crippen molar-refractivity contribution < 1.29 is 51.4 Å². The van der Waals surface area contributed by atoms with E-state index in [1.54, 1.807) is 31.2 Å².